The molecule has 2 aromatic carbocycles. The molecule has 0 aromatic heterocycles. The van der Waals surface area contributed by atoms with Crippen molar-refractivity contribution in [3.8, 4) is 0 Å². The van der Waals surface area contributed by atoms with Gasteiger partial charge in [-0.1, -0.05) is 18.2 Å². The normalized spacial score (nSPS) is 18.1. The number of nitrogens with one attached hydrogen (secondary N) is 1. The number of nitrogens with zero attached hydrogens (tertiary/aromatic N) is 2. The first-order valence-electron chi connectivity index (χ1n) is 10.7. The molecule has 2 heterocycles. The third-order valence-corrected chi connectivity index (χ3v) is 7.66. The Morgan fingerprint density at radius 1 is 1.09 bits per heavy atom. The van der Waals surface area contributed by atoms with Gasteiger partial charge in [-0.25, -0.2) is 13.2 Å². The SMILES string of the molecule is CC1(C)C(=O)Nc2ccccc2N1C(=O)COC(=O)c1cccc(S(=O)(=O)N2CCOCC2)c1. The van der Waals surface area contributed by atoms with Gasteiger partial charge in [-0.05, 0) is 44.2 Å². The molecule has 0 unspecified atom stereocenters. The van der Waals surface area contributed by atoms with E-state index in [-0.39, 0.29) is 29.5 Å². The van der Waals surface area contributed by atoms with E-state index in [1.165, 1.54) is 33.5 Å². The number of benzene rings is 2. The number of carbonyl (C=O) groups excluding carboxylic acids is 3. The second kappa shape index (κ2) is 9.16. The van der Waals surface area contributed by atoms with Crippen LogP contribution in [0.25, 0.3) is 0 Å². The maximum atomic E-state index is 13.0. The molecule has 11 heteroatoms. The Labute approximate surface area is 197 Å². The molecule has 34 heavy (non-hydrogen) atoms. The quantitative estimate of drug-likeness (QED) is 0.636. The predicted molar refractivity (Wildman–Crippen MR) is 123 cm³/mol. The molecule has 4 rings (SSSR count). The van der Waals surface area contributed by atoms with Crippen LogP contribution in [0.3, 0.4) is 0 Å². The number of sulfonamides is 1. The molecule has 2 amide bonds. The largest absolute Gasteiger partial charge is 0.452 e. The molecule has 1 N–H and O–H groups in total. The van der Waals surface area contributed by atoms with Crippen LogP contribution in [0.1, 0.15) is 24.2 Å². The van der Waals surface area contributed by atoms with Crippen molar-refractivity contribution in [2.45, 2.75) is 24.3 Å². The van der Waals surface area contributed by atoms with Crippen molar-refractivity contribution in [3.05, 3.63) is 54.1 Å². The van der Waals surface area contributed by atoms with E-state index in [9.17, 15) is 22.8 Å². The van der Waals surface area contributed by atoms with Gasteiger partial charge in [-0.2, -0.15) is 4.31 Å². The van der Waals surface area contributed by atoms with Crippen LogP contribution >= 0.6 is 0 Å². The van der Waals surface area contributed by atoms with Crippen LogP contribution in [0, 0.1) is 0 Å². The summed E-state index contributed by atoms with van der Waals surface area (Å²) in [7, 11) is -3.80. The lowest BCUT2D eigenvalue weighted by Gasteiger charge is -2.41. The van der Waals surface area contributed by atoms with Crippen molar-refractivity contribution < 1.29 is 32.3 Å². The number of para-hydroxylation sites is 2. The average molecular weight is 488 g/mol. The summed E-state index contributed by atoms with van der Waals surface area (Å²) in [6, 6.07) is 12.3. The molecule has 0 bridgehead atoms. The standard InChI is InChI=1S/C23H25N3O7S/c1-23(2)22(29)24-18-8-3-4-9-19(18)26(23)20(27)15-33-21(28)16-6-5-7-17(14-16)34(30,31)25-10-12-32-13-11-25/h3-9,14H,10-13,15H2,1-2H3,(H,24,29). The minimum absolute atomic E-state index is 0.00168. The Morgan fingerprint density at radius 2 is 1.79 bits per heavy atom. The van der Waals surface area contributed by atoms with Crippen LogP contribution in [0.2, 0.25) is 0 Å². The highest BCUT2D eigenvalue weighted by Crippen LogP contribution is 2.36. The summed E-state index contributed by atoms with van der Waals surface area (Å²) in [5.74, 6) is -1.80. The third kappa shape index (κ3) is 4.41. The minimum Gasteiger partial charge on any atom is -0.452 e. The number of hydrogen-bond donors (Lipinski definition) is 1. The first-order valence-corrected chi connectivity index (χ1v) is 12.1. The molecule has 2 aromatic rings. The summed E-state index contributed by atoms with van der Waals surface area (Å²) in [5, 5.41) is 2.76. The van der Waals surface area contributed by atoms with Crippen molar-refractivity contribution in [2.24, 2.45) is 0 Å². The number of amides is 2. The summed E-state index contributed by atoms with van der Waals surface area (Å²) in [5.41, 5.74) is -0.235. The van der Waals surface area contributed by atoms with Crippen LogP contribution in [0.4, 0.5) is 11.4 Å². The maximum Gasteiger partial charge on any atom is 0.338 e. The zero-order valence-corrected chi connectivity index (χ0v) is 19.6. The number of rotatable bonds is 5. The van der Waals surface area contributed by atoms with E-state index in [2.05, 4.69) is 5.32 Å². The number of carbonyl (C=O) groups is 3. The van der Waals surface area contributed by atoms with Crippen molar-refractivity contribution >= 4 is 39.2 Å². The highest BCUT2D eigenvalue weighted by molar-refractivity contribution is 7.89. The summed E-state index contributed by atoms with van der Waals surface area (Å²) in [4.78, 5) is 39.5. The molecule has 180 valence electrons. The number of morpholine rings is 1. The monoisotopic (exact) mass is 487 g/mol. The van der Waals surface area contributed by atoms with Crippen LogP contribution in [-0.2, 0) is 29.1 Å². The van der Waals surface area contributed by atoms with E-state index in [1.54, 1.807) is 38.1 Å². The zero-order chi connectivity index (χ0) is 24.5. The van der Waals surface area contributed by atoms with Gasteiger partial charge in [0.1, 0.15) is 5.54 Å². The molecule has 10 nitrogen and oxygen atoms in total. The lowest BCUT2D eigenvalue weighted by molar-refractivity contribution is -0.128. The number of fused-ring (bicyclic) bond motifs is 1. The van der Waals surface area contributed by atoms with Crippen LogP contribution in [-0.4, -0.2) is 69.0 Å². The number of esters is 1. The number of hydrogen-bond acceptors (Lipinski definition) is 7. The Balaban J connectivity index is 1.50. The van der Waals surface area contributed by atoms with E-state index < -0.39 is 34.0 Å². The summed E-state index contributed by atoms with van der Waals surface area (Å²) in [6.45, 7) is 3.63. The maximum absolute atomic E-state index is 13.0. The fraction of sp³-hybridized carbons (Fsp3) is 0.348. The van der Waals surface area contributed by atoms with Crippen LogP contribution in [0.5, 0.6) is 0 Å². The second-order valence-corrected chi connectivity index (χ2v) is 10.3. The van der Waals surface area contributed by atoms with E-state index in [1.807, 2.05) is 0 Å². The van der Waals surface area contributed by atoms with Gasteiger partial charge in [0.2, 0.25) is 15.9 Å². The van der Waals surface area contributed by atoms with Gasteiger partial charge in [-0.3, -0.25) is 14.5 Å². The van der Waals surface area contributed by atoms with Crippen molar-refractivity contribution in [1.29, 1.82) is 0 Å². The summed E-state index contributed by atoms with van der Waals surface area (Å²) in [6.07, 6.45) is 0. The Hall–Kier alpha value is -3.28. The van der Waals surface area contributed by atoms with Gasteiger partial charge in [0.05, 0.1) is 35.0 Å². The highest BCUT2D eigenvalue weighted by atomic mass is 32.2. The lowest BCUT2D eigenvalue weighted by atomic mass is 9.96. The number of anilines is 2. The molecule has 0 aliphatic carbocycles. The first kappa shape index (κ1) is 23.9. The smallest absolute Gasteiger partial charge is 0.338 e. The van der Waals surface area contributed by atoms with E-state index in [4.69, 9.17) is 9.47 Å². The Morgan fingerprint density at radius 3 is 2.53 bits per heavy atom. The van der Waals surface area contributed by atoms with Gasteiger partial charge >= 0.3 is 5.97 Å². The molecule has 1 saturated heterocycles. The van der Waals surface area contributed by atoms with Crippen molar-refractivity contribution in [3.63, 3.8) is 0 Å². The predicted octanol–water partition coefficient (Wildman–Crippen LogP) is 1.63. The van der Waals surface area contributed by atoms with Gasteiger partial charge in [0, 0.05) is 13.1 Å². The fourth-order valence-electron chi connectivity index (χ4n) is 3.89. The molecular weight excluding hydrogens is 462 g/mol. The topological polar surface area (TPSA) is 122 Å². The van der Waals surface area contributed by atoms with Gasteiger partial charge in [-0.15, -0.1) is 0 Å². The number of ether oxygens (including phenoxy) is 2. The highest BCUT2D eigenvalue weighted by Gasteiger charge is 2.43. The molecule has 0 spiro atoms. The molecular formula is C23H25N3O7S. The van der Waals surface area contributed by atoms with Crippen LogP contribution in [0.15, 0.2) is 53.4 Å². The zero-order valence-electron chi connectivity index (χ0n) is 18.8. The molecule has 2 aliphatic heterocycles. The molecule has 0 radical (unpaired) electrons. The summed E-state index contributed by atoms with van der Waals surface area (Å²) >= 11 is 0. The molecule has 0 atom stereocenters. The summed E-state index contributed by atoms with van der Waals surface area (Å²) < 4.78 is 37.5. The Kier molecular flexibility index (Phi) is 6.43. The van der Waals surface area contributed by atoms with Crippen molar-refractivity contribution in [1.82, 2.24) is 4.31 Å². The van der Waals surface area contributed by atoms with E-state index >= 15 is 0 Å². The van der Waals surface area contributed by atoms with E-state index in [0.717, 1.165) is 0 Å². The van der Waals surface area contributed by atoms with Gasteiger partial charge in [0.25, 0.3) is 5.91 Å². The second-order valence-electron chi connectivity index (χ2n) is 8.38. The van der Waals surface area contributed by atoms with Crippen molar-refractivity contribution in [2.75, 3.05) is 43.1 Å². The Bertz CT molecular complexity index is 1240. The van der Waals surface area contributed by atoms with Gasteiger partial charge in [0.15, 0.2) is 6.61 Å². The molecule has 2 aliphatic rings. The minimum atomic E-state index is -3.80. The molecule has 1 fully saturated rings. The molecule has 0 saturated carbocycles. The lowest BCUT2D eigenvalue weighted by Crippen LogP contribution is -2.59. The first-order chi connectivity index (χ1) is 16.1. The fourth-order valence-corrected chi connectivity index (χ4v) is 5.35. The van der Waals surface area contributed by atoms with E-state index in [0.29, 0.717) is 24.6 Å². The average Bonchev–Trinajstić information content (AvgIpc) is 2.83. The third-order valence-electron chi connectivity index (χ3n) is 5.76. The van der Waals surface area contributed by atoms with Gasteiger partial charge < -0.3 is 14.8 Å². The van der Waals surface area contributed by atoms with Crippen LogP contribution < -0.4 is 10.2 Å².